The van der Waals surface area contributed by atoms with Gasteiger partial charge in [-0.25, -0.2) is 0 Å². The molecule has 150 valence electrons. The van der Waals surface area contributed by atoms with Gasteiger partial charge in [-0.3, -0.25) is 9.59 Å². The monoisotopic (exact) mass is 436 g/mol. The van der Waals surface area contributed by atoms with Crippen LogP contribution in [-0.4, -0.2) is 55.4 Å². The minimum Gasteiger partial charge on any atom is -0.302 e. The van der Waals surface area contributed by atoms with E-state index in [1.165, 1.54) is 23.5 Å². The summed E-state index contributed by atoms with van der Waals surface area (Å²) in [6.07, 6.45) is 3.66. The maximum absolute atomic E-state index is 13.0. The number of nitrogens with one attached hydrogen (secondary N) is 2. The summed E-state index contributed by atoms with van der Waals surface area (Å²) >= 11 is 11.7. The predicted molar refractivity (Wildman–Crippen MR) is 121 cm³/mol. The molecule has 0 aromatic heterocycles. The molecule has 1 aliphatic carbocycles. The van der Waals surface area contributed by atoms with Crippen molar-refractivity contribution in [3.8, 4) is 0 Å². The van der Waals surface area contributed by atoms with Crippen molar-refractivity contribution in [3.63, 3.8) is 0 Å². The molecular formula is C18H32N2O2S4. The molecule has 8 heteroatoms. The molecule has 1 saturated carbocycles. The van der Waals surface area contributed by atoms with Gasteiger partial charge in [-0.2, -0.15) is 25.3 Å². The van der Waals surface area contributed by atoms with Crippen LogP contribution in [0.15, 0.2) is 0 Å². The lowest BCUT2D eigenvalue weighted by Gasteiger charge is -2.47. The number of thioether (sulfide) groups is 2. The minimum atomic E-state index is -0.332. The summed E-state index contributed by atoms with van der Waals surface area (Å²) in [5, 5.41) is 7.24. The molecule has 0 amide bonds. The molecule has 1 heterocycles. The molecule has 0 aromatic rings. The number of carbonyl (C=O) groups is 2. The average molecular weight is 437 g/mol. The van der Waals surface area contributed by atoms with Crippen molar-refractivity contribution in [2.75, 3.05) is 11.5 Å². The molecule has 4 nitrogen and oxygen atoms in total. The lowest BCUT2D eigenvalue weighted by Crippen LogP contribution is -2.63. The van der Waals surface area contributed by atoms with Gasteiger partial charge in [0.2, 0.25) is 10.2 Å². The number of thiol groups is 2. The second-order valence-electron chi connectivity index (χ2n) is 7.60. The zero-order valence-electron chi connectivity index (χ0n) is 16.1. The SMILES string of the molecule is CCC1(C)SC(=O)[C@H](CS)NC2CCC2N[C@@H](CS)C(=O)SC1(C)CC. The molecule has 2 aliphatic rings. The highest BCUT2D eigenvalue weighted by molar-refractivity contribution is 8.18. The largest absolute Gasteiger partial charge is 0.302 e. The quantitative estimate of drug-likeness (QED) is 0.508. The molecule has 2 fully saturated rings. The van der Waals surface area contributed by atoms with E-state index in [2.05, 4.69) is 63.6 Å². The van der Waals surface area contributed by atoms with Gasteiger partial charge < -0.3 is 10.6 Å². The van der Waals surface area contributed by atoms with Crippen LogP contribution in [0.5, 0.6) is 0 Å². The molecule has 6 atom stereocenters. The van der Waals surface area contributed by atoms with Crippen molar-refractivity contribution >= 4 is 59.0 Å². The normalized spacial score (nSPS) is 42.4. The van der Waals surface area contributed by atoms with Crippen LogP contribution in [0.3, 0.4) is 0 Å². The van der Waals surface area contributed by atoms with Gasteiger partial charge in [-0.1, -0.05) is 37.4 Å². The molecule has 0 aromatic carbocycles. The summed E-state index contributed by atoms with van der Waals surface area (Å²) in [4.78, 5) is 26.1. The van der Waals surface area contributed by atoms with E-state index in [1.807, 2.05) is 0 Å². The van der Waals surface area contributed by atoms with Gasteiger partial charge >= 0.3 is 0 Å². The summed E-state index contributed by atoms with van der Waals surface area (Å²) in [6, 6.07) is -0.109. The second-order valence-corrected chi connectivity index (χ2v) is 11.4. The fraction of sp³-hybridized carbons (Fsp3) is 0.889. The number of carbonyl (C=O) groups excluding carboxylic acids is 2. The van der Waals surface area contributed by atoms with Crippen molar-refractivity contribution in [2.24, 2.45) is 0 Å². The molecule has 0 bridgehead atoms. The fourth-order valence-electron chi connectivity index (χ4n) is 3.50. The summed E-state index contributed by atoms with van der Waals surface area (Å²) in [5.74, 6) is 0.972. The van der Waals surface area contributed by atoms with E-state index in [0.29, 0.717) is 11.5 Å². The van der Waals surface area contributed by atoms with E-state index >= 15 is 0 Å². The maximum atomic E-state index is 13.0. The summed E-state index contributed by atoms with van der Waals surface area (Å²) in [5.41, 5.74) is 0. The third-order valence-corrected chi connectivity index (χ3v) is 10.4. The van der Waals surface area contributed by atoms with E-state index in [4.69, 9.17) is 0 Å². The first-order chi connectivity index (χ1) is 12.2. The Balaban J connectivity index is 2.38. The lowest BCUT2D eigenvalue weighted by molar-refractivity contribution is -0.114. The van der Waals surface area contributed by atoms with Crippen LogP contribution in [0.2, 0.25) is 0 Å². The van der Waals surface area contributed by atoms with Crippen molar-refractivity contribution in [1.82, 2.24) is 10.6 Å². The Kier molecular flexibility index (Phi) is 8.33. The Labute approximate surface area is 177 Å². The van der Waals surface area contributed by atoms with Gasteiger partial charge in [0.1, 0.15) is 0 Å². The Morgan fingerprint density at radius 3 is 1.46 bits per heavy atom. The molecule has 4 unspecified atom stereocenters. The van der Waals surface area contributed by atoms with Crippen molar-refractivity contribution in [2.45, 2.75) is 87.0 Å². The Hall–Kier alpha value is 0.660. The Morgan fingerprint density at radius 1 is 0.885 bits per heavy atom. The Morgan fingerprint density at radius 2 is 1.23 bits per heavy atom. The summed E-state index contributed by atoms with van der Waals surface area (Å²) < 4.78 is -0.664. The predicted octanol–water partition coefficient (Wildman–Crippen LogP) is 3.16. The molecule has 1 aliphatic heterocycles. The van der Waals surface area contributed by atoms with Crippen molar-refractivity contribution in [1.29, 1.82) is 0 Å². The topological polar surface area (TPSA) is 58.2 Å². The first-order valence-corrected chi connectivity index (χ1v) is 12.3. The van der Waals surface area contributed by atoms with Gasteiger partial charge in [0.25, 0.3) is 0 Å². The smallest absolute Gasteiger partial charge is 0.207 e. The Bertz CT molecular complexity index is 489. The van der Waals surface area contributed by atoms with E-state index in [1.54, 1.807) is 0 Å². The van der Waals surface area contributed by atoms with Crippen molar-refractivity contribution < 1.29 is 9.59 Å². The maximum Gasteiger partial charge on any atom is 0.207 e. The first-order valence-electron chi connectivity index (χ1n) is 9.43. The van der Waals surface area contributed by atoms with E-state index < -0.39 is 0 Å². The van der Waals surface area contributed by atoms with Crippen LogP contribution < -0.4 is 10.6 Å². The van der Waals surface area contributed by atoms with Crippen LogP contribution in [-0.2, 0) is 9.59 Å². The van der Waals surface area contributed by atoms with Gasteiger partial charge in [-0.15, -0.1) is 0 Å². The zero-order chi connectivity index (χ0) is 19.5. The standard InChI is InChI=1S/C18H32N2O2S4/c1-5-17(3)18(4,6-2)26-16(22)14(10-24)20-12-8-7-11(12)19-13(9-23)15(21)25-17/h11-14,19-20,23-24H,5-10H2,1-4H3/t11?,12?,13-,14-,17?,18?/m0/s1. The number of rotatable bonds is 4. The average Bonchev–Trinajstić information content (AvgIpc) is 2.60. The zero-order valence-corrected chi connectivity index (χ0v) is 19.5. The van der Waals surface area contributed by atoms with Crippen LogP contribution in [0.1, 0.15) is 53.4 Å². The van der Waals surface area contributed by atoms with Gasteiger partial charge in [0.15, 0.2) is 0 Å². The molecular weight excluding hydrogens is 404 g/mol. The molecule has 26 heavy (non-hydrogen) atoms. The first kappa shape index (κ1) is 22.9. The minimum absolute atomic E-state index is 0.133. The highest BCUT2D eigenvalue weighted by Crippen LogP contribution is 2.50. The number of hydrogen-bond acceptors (Lipinski definition) is 8. The molecule has 0 spiro atoms. The van der Waals surface area contributed by atoms with Crippen LogP contribution >= 0.6 is 48.8 Å². The highest BCUT2D eigenvalue weighted by atomic mass is 32.2. The van der Waals surface area contributed by atoms with Crippen molar-refractivity contribution in [3.05, 3.63) is 0 Å². The van der Waals surface area contributed by atoms with E-state index in [-0.39, 0.29) is 43.9 Å². The number of hydrogen-bond donors (Lipinski definition) is 4. The van der Waals surface area contributed by atoms with Gasteiger partial charge in [-0.05, 0) is 39.5 Å². The molecule has 2 rings (SSSR count). The van der Waals surface area contributed by atoms with E-state index in [9.17, 15) is 9.59 Å². The van der Waals surface area contributed by atoms with Gasteiger partial charge in [0, 0.05) is 33.1 Å². The number of fused-ring (bicyclic) bond motifs is 1. The molecule has 2 N–H and O–H groups in total. The van der Waals surface area contributed by atoms with Gasteiger partial charge in [0.05, 0.1) is 12.1 Å². The lowest BCUT2D eigenvalue weighted by atomic mass is 9.85. The van der Waals surface area contributed by atoms with Crippen LogP contribution in [0.4, 0.5) is 0 Å². The van der Waals surface area contributed by atoms with E-state index in [0.717, 1.165) is 25.7 Å². The molecule has 0 radical (unpaired) electrons. The fourth-order valence-corrected chi connectivity index (χ4v) is 7.02. The summed E-state index contributed by atoms with van der Waals surface area (Å²) in [7, 11) is 0. The highest BCUT2D eigenvalue weighted by Gasteiger charge is 2.49. The molecule has 1 saturated heterocycles. The third-order valence-electron chi connectivity index (χ3n) is 6.16. The summed E-state index contributed by atoms with van der Waals surface area (Å²) in [6.45, 7) is 8.45. The second kappa shape index (κ2) is 9.44. The third kappa shape index (κ3) is 4.62. The van der Waals surface area contributed by atoms with Crippen LogP contribution in [0, 0.1) is 0 Å². The van der Waals surface area contributed by atoms with Crippen LogP contribution in [0.25, 0.3) is 0 Å².